The first-order valence-electron chi connectivity index (χ1n) is 4.76. The molecule has 1 atom stereocenters. The monoisotopic (exact) mass is 154 g/mol. The molecule has 0 heterocycles. The standard InChI is InChI=1S/C10H18O/c1-3-10(8(2)11)9-6-4-5-7-9/h9-10H,3-7H2,1-2H3/t10-/m0/s1. The van der Waals surface area contributed by atoms with E-state index in [1.807, 2.05) is 0 Å². The Balaban J connectivity index is 2.46. The number of Topliss-reactive ketones (excluding diaryl/α,β-unsaturated/α-hetero) is 1. The van der Waals surface area contributed by atoms with Gasteiger partial charge in [0.25, 0.3) is 0 Å². The number of carbonyl (C=O) groups excluding carboxylic acids is 1. The fourth-order valence-corrected chi connectivity index (χ4v) is 2.31. The molecule has 0 aromatic carbocycles. The van der Waals surface area contributed by atoms with Crippen LogP contribution in [0, 0.1) is 11.8 Å². The van der Waals surface area contributed by atoms with Crippen molar-refractivity contribution in [2.75, 3.05) is 0 Å². The first kappa shape index (κ1) is 8.76. The highest BCUT2D eigenvalue weighted by atomic mass is 16.1. The van der Waals surface area contributed by atoms with Gasteiger partial charge in [0.1, 0.15) is 5.78 Å². The Kier molecular flexibility index (Phi) is 3.10. The van der Waals surface area contributed by atoms with Gasteiger partial charge < -0.3 is 0 Å². The van der Waals surface area contributed by atoms with E-state index in [9.17, 15) is 4.79 Å². The van der Waals surface area contributed by atoms with E-state index in [2.05, 4.69) is 6.92 Å². The second kappa shape index (κ2) is 3.89. The summed E-state index contributed by atoms with van der Waals surface area (Å²) >= 11 is 0. The zero-order valence-corrected chi connectivity index (χ0v) is 7.60. The van der Waals surface area contributed by atoms with Crippen LogP contribution in [0.4, 0.5) is 0 Å². The molecule has 1 rings (SSSR count). The number of ketones is 1. The number of carbonyl (C=O) groups is 1. The number of hydrogen-bond donors (Lipinski definition) is 0. The molecule has 0 aromatic rings. The largest absolute Gasteiger partial charge is 0.300 e. The smallest absolute Gasteiger partial charge is 0.133 e. The molecule has 1 saturated carbocycles. The summed E-state index contributed by atoms with van der Waals surface area (Å²) in [5.41, 5.74) is 0. The van der Waals surface area contributed by atoms with E-state index in [1.165, 1.54) is 25.7 Å². The molecule has 0 bridgehead atoms. The van der Waals surface area contributed by atoms with Crippen molar-refractivity contribution >= 4 is 5.78 Å². The van der Waals surface area contributed by atoms with E-state index in [-0.39, 0.29) is 0 Å². The number of hydrogen-bond acceptors (Lipinski definition) is 1. The SMILES string of the molecule is CC[C@@H](C(C)=O)C1CCCC1. The average molecular weight is 154 g/mol. The first-order chi connectivity index (χ1) is 5.25. The average Bonchev–Trinajstić information content (AvgIpc) is 2.40. The Morgan fingerprint density at radius 3 is 2.36 bits per heavy atom. The van der Waals surface area contributed by atoms with Gasteiger partial charge >= 0.3 is 0 Å². The molecule has 0 aliphatic heterocycles. The molecule has 0 spiro atoms. The second-order valence-electron chi connectivity index (χ2n) is 3.67. The molecule has 1 aliphatic carbocycles. The Morgan fingerprint density at radius 1 is 1.45 bits per heavy atom. The molecule has 0 unspecified atom stereocenters. The van der Waals surface area contributed by atoms with E-state index < -0.39 is 0 Å². The van der Waals surface area contributed by atoms with Crippen LogP contribution in [0.5, 0.6) is 0 Å². The van der Waals surface area contributed by atoms with E-state index in [0.717, 1.165) is 12.3 Å². The van der Waals surface area contributed by atoms with Gasteiger partial charge in [0, 0.05) is 5.92 Å². The van der Waals surface area contributed by atoms with Gasteiger partial charge in [-0.05, 0) is 32.1 Å². The van der Waals surface area contributed by atoms with Crippen molar-refractivity contribution in [2.45, 2.75) is 46.0 Å². The Bertz CT molecular complexity index is 134. The van der Waals surface area contributed by atoms with E-state index >= 15 is 0 Å². The lowest BCUT2D eigenvalue weighted by molar-refractivity contribution is -0.122. The maximum Gasteiger partial charge on any atom is 0.133 e. The molecule has 0 aromatic heterocycles. The third-order valence-corrected chi connectivity index (χ3v) is 2.93. The minimum atomic E-state index is 0.373. The fourth-order valence-electron chi connectivity index (χ4n) is 2.31. The third kappa shape index (κ3) is 2.05. The summed E-state index contributed by atoms with van der Waals surface area (Å²) in [6, 6.07) is 0. The van der Waals surface area contributed by atoms with Crippen molar-refractivity contribution in [1.29, 1.82) is 0 Å². The second-order valence-corrected chi connectivity index (χ2v) is 3.67. The molecule has 11 heavy (non-hydrogen) atoms. The topological polar surface area (TPSA) is 17.1 Å². The summed E-state index contributed by atoms with van der Waals surface area (Å²) in [5.74, 6) is 1.49. The predicted molar refractivity (Wildman–Crippen MR) is 46.4 cm³/mol. The van der Waals surface area contributed by atoms with E-state index in [4.69, 9.17) is 0 Å². The van der Waals surface area contributed by atoms with Gasteiger partial charge in [0.05, 0.1) is 0 Å². The van der Waals surface area contributed by atoms with Crippen molar-refractivity contribution in [3.05, 3.63) is 0 Å². The first-order valence-corrected chi connectivity index (χ1v) is 4.76. The van der Waals surface area contributed by atoms with Crippen LogP contribution < -0.4 is 0 Å². The summed E-state index contributed by atoms with van der Waals surface area (Å²) in [6.45, 7) is 3.87. The third-order valence-electron chi connectivity index (χ3n) is 2.93. The summed E-state index contributed by atoms with van der Waals surface area (Å²) < 4.78 is 0. The highest BCUT2D eigenvalue weighted by Crippen LogP contribution is 2.33. The number of rotatable bonds is 3. The van der Waals surface area contributed by atoms with Crippen LogP contribution in [0.2, 0.25) is 0 Å². The lowest BCUT2D eigenvalue weighted by Gasteiger charge is -2.18. The molecule has 1 aliphatic rings. The summed E-state index contributed by atoms with van der Waals surface area (Å²) in [5, 5.41) is 0. The summed E-state index contributed by atoms with van der Waals surface area (Å²) in [7, 11) is 0. The maximum absolute atomic E-state index is 11.2. The van der Waals surface area contributed by atoms with Crippen LogP contribution in [-0.4, -0.2) is 5.78 Å². The molecule has 0 amide bonds. The van der Waals surface area contributed by atoms with Crippen LogP contribution in [0.3, 0.4) is 0 Å². The van der Waals surface area contributed by atoms with Crippen LogP contribution in [0.1, 0.15) is 46.0 Å². The predicted octanol–water partition coefficient (Wildman–Crippen LogP) is 2.79. The highest BCUT2D eigenvalue weighted by Gasteiger charge is 2.26. The van der Waals surface area contributed by atoms with Gasteiger partial charge in [-0.15, -0.1) is 0 Å². The van der Waals surface area contributed by atoms with Gasteiger partial charge in [-0.25, -0.2) is 0 Å². The zero-order valence-electron chi connectivity index (χ0n) is 7.60. The minimum absolute atomic E-state index is 0.373. The normalized spacial score (nSPS) is 22.0. The van der Waals surface area contributed by atoms with E-state index in [0.29, 0.717) is 11.7 Å². The zero-order chi connectivity index (χ0) is 8.27. The van der Waals surface area contributed by atoms with Gasteiger partial charge in [0.15, 0.2) is 0 Å². The van der Waals surface area contributed by atoms with Crippen molar-refractivity contribution in [3.63, 3.8) is 0 Å². The van der Waals surface area contributed by atoms with Crippen molar-refractivity contribution in [2.24, 2.45) is 11.8 Å². The summed E-state index contributed by atoms with van der Waals surface area (Å²) in [4.78, 5) is 11.2. The minimum Gasteiger partial charge on any atom is -0.300 e. The van der Waals surface area contributed by atoms with Crippen molar-refractivity contribution in [3.8, 4) is 0 Å². The molecule has 0 N–H and O–H groups in total. The lowest BCUT2D eigenvalue weighted by atomic mass is 9.86. The molecule has 64 valence electrons. The van der Waals surface area contributed by atoms with Crippen molar-refractivity contribution in [1.82, 2.24) is 0 Å². The fraction of sp³-hybridized carbons (Fsp3) is 0.900. The van der Waals surface area contributed by atoms with Gasteiger partial charge in [0.2, 0.25) is 0 Å². The Labute approximate surface area is 69.2 Å². The molecular formula is C10H18O. The van der Waals surface area contributed by atoms with Crippen molar-refractivity contribution < 1.29 is 4.79 Å². The van der Waals surface area contributed by atoms with Crippen LogP contribution in [0.25, 0.3) is 0 Å². The Morgan fingerprint density at radius 2 is 2.00 bits per heavy atom. The maximum atomic E-state index is 11.2. The Hall–Kier alpha value is -0.330. The molecule has 0 radical (unpaired) electrons. The molecule has 1 nitrogen and oxygen atoms in total. The molecular weight excluding hydrogens is 136 g/mol. The highest BCUT2D eigenvalue weighted by molar-refractivity contribution is 5.78. The quantitative estimate of drug-likeness (QED) is 0.611. The summed E-state index contributed by atoms with van der Waals surface area (Å²) in [6.07, 6.45) is 6.30. The van der Waals surface area contributed by atoms with E-state index in [1.54, 1.807) is 6.92 Å². The molecule has 1 fully saturated rings. The molecule has 0 saturated heterocycles. The van der Waals surface area contributed by atoms with Gasteiger partial charge in [-0.1, -0.05) is 19.8 Å². The lowest BCUT2D eigenvalue weighted by Crippen LogP contribution is -2.18. The molecule has 1 heteroatoms. The van der Waals surface area contributed by atoms with Gasteiger partial charge in [-0.3, -0.25) is 4.79 Å². The van der Waals surface area contributed by atoms with Crippen LogP contribution >= 0.6 is 0 Å². The van der Waals surface area contributed by atoms with Crippen LogP contribution in [-0.2, 0) is 4.79 Å². The van der Waals surface area contributed by atoms with Crippen LogP contribution in [0.15, 0.2) is 0 Å². The van der Waals surface area contributed by atoms with Gasteiger partial charge in [-0.2, -0.15) is 0 Å².